The molecule has 0 saturated carbocycles. The molecule has 2 fully saturated rings. The van der Waals surface area contributed by atoms with Gasteiger partial charge in [0, 0.05) is 25.0 Å². The van der Waals surface area contributed by atoms with Gasteiger partial charge in [-0.25, -0.2) is 0 Å². The number of amides is 1. The van der Waals surface area contributed by atoms with E-state index < -0.39 is 0 Å². The first-order valence-corrected chi connectivity index (χ1v) is 8.30. The molecule has 1 amide bonds. The summed E-state index contributed by atoms with van der Waals surface area (Å²) in [6.45, 7) is 3.87. The van der Waals surface area contributed by atoms with Gasteiger partial charge in [0.25, 0.3) is 0 Å². The summed E-state index contributed by atoms with van der Waals surface area (Å²) in [5.74, 6) is 0.166. The van der Waals surface area contributed by atoms with E-state index in [2.05, 4.69) is 11.4 Å². The molecule has 0 aromatic carbocycles. The third-order valence-corrected chi connectivity index (χ3v) is 5.36. The molecule has 3 unspecified atom stereocenters. The Morgan fingerprint density at radius 2 is 2.48 bits per heavy atom. The van der Waals surface area contributed by atoms with Crippen molar-refractivity contribution in [3.8, 4) is 0 Å². The van der Waals surface area contributed by atoms with E-state index in [1.165, 1.54) is 4.88 Å². The molecular formula is C15H22N2O3S. The zero-order valence-electron chi connectivity index (χ0n) is 12.5. The summed E-state index contributed by atoms with van der Waals surface area (Å²) in [7, 11) is 1.71. The lowest BCUT2D eigenvalue weighted by Gasteiger charge is -2.33. The molecule has 0 aliphatic carbocycles. The number of hydrogen-bond acceptors (Lipinski definition) is 5. The molecule has 3 heterocycles. The fourth-order valence-electron chi connectivity index (χ4n) is 3.07. The number of hydrogen-bond donors (Lipinski definition) is 1. The number of nitrogens with zero attached hydrogens (tertiary/aromatic N) is 1. The summed E-state index contributed by atoms with van der Waals surface area (Å²) in [4.78, 5) is 15.8. The summed E-state index contributed by atoms with van der Waals surface area (Å²) in [6, 6.07) is 3.99. The smallest absolute Gasteiger partial charge is 0.241 e. The quantitative estimate of drug-likeness (QED) is 0.900. The normalized spacial score (nSPS) is 33.0. The van der Waals surface area contributed by atoms with Crippen LogP contribution in [0.15, 0.2) is 17.5 Å². The third-order valence-electron chi connectivity index (χ3n) is 4.43. The zero-order chi connectivity index (χ0) is 14.9. The zero-order valence-corrected chi connectivity index (χ0v) is 13.3. The molecule has 1 aromatic rings. The minimum Gasteiger partial charge on any atom is -0.378 e. The van der Waals surface area contributed by atoms with Crippen molar-refractivity contribution in [2.24, 2.45) is 0 Å². The molecule has 3 rings (SSSR count). The monoisotopic (exact) mass is 310 g/mol. The van der Waals surface area contributed by atoms with Crippen LogP contribution in [0.5, 0.6) is 0 Å². The lowest BCUT2D eigenvalue weighted by atomic mass is 10.0. The fraction of sp³-hybridized carbons (Fsp3) is 0.667. The van der Waals surface area contributed by atoms with E-state index in [1.54, 1.807) is 18.4 Å². The number of carbonyl (C=O) groups excluding carboxylic acids is 1. The van der Waals surface area contributed by atoms with Gasteiger partial charge in [0.05, 0.1) is 19.2 Å². The first-order chi connectivity index (χ1) is 10.2. The molecule has 0 bridgehead atoms. The Morgan fingerprint density at radius 3 is 3.05 bits per heavy atom. The second-order valence-corrected chi connectivity index (χ2v) is 6.68. The standard InChI is InChI=1S/C15H22N2O3S/c1-3-11-14(18)17(9-15(19-2)6-7-20-10-15)13(16-11)12-5-4-8-21-12/h4-5,8,11,13,16H,3,6-7,9-10H2,1-2H3. The SMILES string of the molecule is CCC1NC(c2cccs2)N(CC2(OC)CCOC2)C1=O. The van der Waals surface area contributed by atoms with Crippen LogP contribution in [0.1, 0.15) is 30.8 Å². The Hall–Kier alpha value is -0.950. The number of rotatable bonds is 5. The van der Waals surface area contributed by atoms with E-state index in [1.807, 2.05) is 23.3 Å². The topological polar surface area (TPSA) is 50.8 Å². The second kappa shape index (κ2) is 6.04. The van der Waals surface area contributed by atoms with E-state index in [0.717, 1.165) is 12.8 Å². The minimum atomic E-state index is -0.366. The molecule has 3 atom stereocenters. The van der Waals surface area contributed by atoms with Crippen molar-refractivity contribution >= 4 is 17.2 Å². The van der Waals surface area contributed by atoms with Crippen LogP contribution in [0.4, 0.5) is 0 Å². The minimum absolute atomic E-state index is 0.0462. The van der Waals surface area contributed by atoms with Crippen LogP contribution in [-0.4, -0.2) is 49.3 Å². The van der Waals surface area contributed by atoms with Gasteiger partial charge in [-0.15, -0.1) is 11.3 Å². The van der Waals surface area contributed by atoms with Crippen LogP contribution in [0.2, 0.25) is 0 Å². The molecule has 0 radical (unpaired) electrons. The number of nitrogens with one attached hydrogen (secondary N) is 1. The Bertz CT molecular complexity index is 485. The number of thiophene rings is 1. The van der Waals surface area contributed by atoms with Crippen LogP contribution in [-0.2, 0) is 14.3 Å². The fourth-order valence-corrected chi connectivity index (χ4v) is 3.87. The van der Waals surface area contributed by atoms with Crippen molar-refractivity contribution in [1.29, 1.82) is 0 Å². The van der Waals surface area contributed by atoms with Crippen LogP contribution in [0, 0.1) is 0 Å². The molecule has 2 aliphatic heterocycles. The van der Waals surface area contributed by atoms with E-state index in [4.69, 9.17) is 9.47 Å². The summed E-state index contributed by atoms with van der Waals surface area (Å²) in [6.07, 6.45) is 1.59. The Balaban J connectivity index is 1.84. The van der Waals surface area contributed by atoms with Gasteiger partial charge in [-0.3, -0.25) is 10.1 Å². The van der Waals surface area contributed by atoms with Crippen molar-refractivity contribution < 1.29 is 14.3 Å². The second-order valence-electron chi connectivity index (χ2n) is 5.70. The van der Waals surface area contributed by atoms with Crippen LogP contribution in [0.3, 0.4) is 0 Å². The van der Waals surface area contributed by atoms with Gasteiger partial charge >= 0.3 is 0 Å². The van der Waals surface area contributed by atoms with E-state index in [0.29, 0.717) is 19.8 Å². The van der Waals surface area contributed by atoms with Crippen LogP contribution in [0.25, 0.3) is 0 Å². The van der Waals surface area contributed by atoms with Gasteiger partial charge < -0.3 is 14.4 Å². The van der Waals surface area contributed by atoms with E-state index in [9.17, 15) is 4.79 Å². The van der Waals surface area contributed by atoms with Crippen molar-refractivity contribution in [3.05, 3.63) is 22.4 Å². The molecule has 2 aliphatic rings. The maximum Gasteiger partial charge on any atom is 0.241 e. The van der Waals surface area contributed by atoms with E-state index in [-0.39, 0.29) is 23.7 Å². The van der Waals surface area contributed by atoms with Crippen LogP contribution < -0.4 is 5.32 Å². The highest BCUT2D eigenvalue weighted by molar-refractivity contribution is 7.10. The van der Waals surface area contributed by atoms with Gasteiger partial charge in [-0.05, 0) is 17.9 Å². The first-order valence-electron chi connectivity index (χ1n) is 7.42. The molecular weight excluding hydrogens is 288 g/mol. The molecule has 5 nitrogen and oxygen atoms in total. The highest BCUT2D eigenvalue weighted by Gasteiger charge is 2.45. The predicted octanol–water partition coefficient (Wildman–Crippen LogP) is 1.76. The van der Waals surface area contributed by atoms with Crippen molar-refractivity contribution in [1.82, 2.24) is 10.2 Å². The van der Waals surface area contributed by atoms with Gasteiger partial charge in [0.2, 0.25) is 5.91 Å². The van der Waals surface area contributed by atoms with Gasteiger partial charge in [0.1, 0.15) is 11.8 Å². The lowest BCUT2D eigenvalue weighted by Crippen LogP contribution is -2.47. The van der Waals surface area contributed by atoms with Crippen molar-refractivity contribution in [3.63, 3.8) is 0 Å². The number of ether oxygens (including phenoxy) is 2. The molecule has 0 spiro atoms. The molecule has 6 heteroatoms. The summed E-state index contributed by atoms with van der Waals surface area (Å²) < 4.78 is 11.2. The molecule has 2 saturated heterocycles. The highest BCUT2D eigenvalue weighted by atomic mass is 32.1. The Kier molecular flexibility index (Phi) is 4.31. The molecule has 21 heavy (non-hydrogen) atoms. The first kappa shape index (κ1) is 15.0. The van der Waals surface area contributed by atoms with Gasteiger partial charge in [0.15, 0.2) is 0 Å². The Morgan fingerprint density at radius 1 is 1.62 bits per heavy atom. The molecule has 116 valence electrons. The average molecular weight is 310 g/mol. The molecule has 1 N–H and O–H groups in total. The number of methoxy groups -OCH3 is 1. The van der Waals surface area contributed by atoms with E-state index >= 15 is 0 Å². The maximum absolute atomic E-state index is 12.7. The third kappa shape index (κ3) is 2.73. The summed E-state index contributed by atoms with van der Waals surface area (Å²) in [5.41, 5.74) is -0.366. The average Bonchev–Trinajstić information content (AvgIpc) is 3.22. The summed E-state index contributed by atoms with van der Waals surface area (Å²) in [5, 5.41) is 5.49. The lowest BCUT2D eigenvalue weighted by molar-refractivity contribution is -0.135. The Labute approximate surface area is 129 Å². The highest BCUT2D eigenvalue weighted by Crippen LogP contribution is 2.33. The molecule has 1 aromatic heterocycles. The van der Waals surface area contributed by atoms with Gasteiger partial charge in [-0.2, -0.15) is 0 Å². The van der Waals surface area contributed by atoms with Crippen LogP contribution >= 0.6 is 11.3 Å². The predicted molar refractivity (Wildman–Crippen MR) is 81.2 cm³/mol. The largest absolute Gasteiger partial charge is 0.378 e. The maximum atomic E-state index is 12.7. The summed E-state index contributed by atoms with van der Waals surface area (Å²) >= 11 is 1.67. The number of carbonyl (C=O) groups is 1. The van der Waals surface area contributed by atoms with Crippen molar-refractivity contribution in [2.75, 3.05) is 26.9 Å². The van der Waals surface area contributed by atoms with Crippen molar-refractivity contribution in [2.45, 2.75) is 37.6 Å². The van der Waals surface area contributed by atoms with Gasteiger partial charge in [-0.1, -0.05) is 13.0 Å².